The van der Waals surface area contributed by atoms with Gasteiger partial charge in [-0.3, -0.25) is 4.79 Å². The number of benzene rings is 2. The van der Waals surface area contributed by atoms with E-state index in [9.17, 15) is 9.18 Å². The number of carbonyl (C=O) groups is 1. The van der Waals surface area contributed by atoms with E-state index in [2.05, 4.69) is 5.32 Å². The smallest absolute Gasteiger partial charge is 0.223 e. The monoisotopic (exact) mass is 297 g/mol. The van der Waals surface area contributed by atoms with Gasteiger partial charge >= 0.3 is 0 Å². The van der Waals surface area contributed by atoms with E-state index < -0.39 is 0 Å². The van der Waals surface area contributed by atoms with Crippen LogP contribution in [0.4, 0.5) is 4.39 Å². The minimum atomic E-state index is -0.266. The van der Waals surface area contributed by atoms with E-state index >= 15 is 0 Å². The van der Waals surface area contributed by atoms with Crippen molar-refractivity contribution in [2.24, 2.45) is 5.92 Å². The molecule has 1 unspecified atom stereocenters. The standard InChI is InChI=1S/C19H20FNO/c20-17-12-10-15(11-13-17)18(14-6-2-1-3-7-14)21-19(22)16-8-4-5-9-16/h1-3,6-7,10-13,16,18H,4-5,8-9H2,(H,21,22). The Balaban J connectivity index is 1.86. The molecule has 1 atom stereocenters. The van der Waals surface area contributed by atoms with E-state index in [1.54, 1.807) is 12.1 Å². The average molecular weight is 297 g/mol. The number of hydrogen-bond acceptors (Lipinski definition) is 1. The zero-order chi connectivity index (χ0) is 15.4. The Kier molecular flexibility index (Phi) is 4.52. The molecule has 1 N–H and O–H groups in total. The fourth-order valence-corrected chi connectivity index (χ4v) is 3.11. The van der Waals surface area contributed by atoms with Crippen molar-refractivity contribution < 1.29 is 9.18 Å². The van der Waals surface area contributed by atoms with Gasteiger partial charge in [-0.2, -0.15) is 0 Å². The molecule has 1 fully saturated rings. The molecule has 1 saturated carbocycles. The van der Waals surface area contributed by atoms with Crippen LogP contribution in [0, 0.1) is 11.7 Å². The summed E-state index contributed by atoms with van der Waals surface area (Å²) >= 11 is 0. The molecule has 2 aromatic carbocycles. The summed E-state index contributed by atoms with van der Waals surface area (Å²) in [6.07, 6.45) is 4.20. The van der Waals surface area contributed by atoms with Crippen LogP contribution in [0.25, 0.3) is 0 Å². The van der Waals surface area contributed by atoms with Crippen LogP contribution in [-0.2, 0) is 4.79 Å². The first-order chi connectivity index (χ1) is 10.7. The quantitative estimate of drug-likeness (QED) is 0.899. The second-order valence-electron chi connectivity index (χ2n) is 5.89. The number of amides is 1. The molecule has 3 heteroatoms. The summed E-state index contributed by atoms with van der Waals surface area (Å²) in [5, 5.41) is 3.15. The van der Waals surface area contributed by atoms with Crippen molar-refractivity contribution in [2.75, 3.05) is 0 Å². The summed E-state index contributed by atoms with van der Waals surface area (Å²) in [7, 11) is 0. The lowest BCUT2D eigenvalue weighted by Gasteiger charge is -2.22. The van der Waals surface area contributed by atoms with Crippen LogP contribution in [0.3, 0.4) is 0 Å². The Morgan fingerprint density at radius 2 is 1.55 bits per heavy atom. The van der Waals surface area contributed by atoms with Gasteiger partial charge in [-0.05, 0) is 36.1 Å². The lowest BCUT2D eigenvalue weighted by Crippen LogP contribution is -2.33. The minimum Gasteiger partial charge on any atom is -0.345 e. The summed E-state index contributed by atoms with van der Waals surface area (Å²) in [5.74, 6) is -0.0416. The first-order valence-electron chi connectivity index (χ1n) is 7.85. The molecule has 0 aromatic heterocycles. The summed E-state index contributed by atoms with van der Waals surface area (Å²) in [6.45, 7) is 0. The molecule has 22 heavy (non-hydrogen) atoms. The third-order valence-corrected chi connectivity index (χ3v) is 4.35. The molecule has 1 aliphatic carbocycles. The fraction of sp³-hybridized carbons (Fsp3) is 0.316. The highest BCUT2D eigenvalue weighted by Crippen LogP contribution is 2.28. The van der Waals surface area contributed by atoms with Gasteiger partial charge in [-0.25, -0.2) is 4.39 Å². The summed E-state index contributed by atoms with van der Waals surface area (Å²) in [6, 6.07) is 16.0. The molecule has 0 spiro atoms. The zero-order valence-corrected chi connectivity index (χ0v) is 12.5. The van der Waals surface area contributed by atoms with Gasteiger partial charge in [0.1, 0.15) is 5.82 Å². The minimum absolute atomic E-state index is 0.107. The highest BCUT2D eigenvalue weighted by atomic mass is 19.1. The number of rotatable bonds is 4. The Labute approximate surface area is 130 Å². The molecule has 0 radical (unpaired) electrons. The maximum atomic E-state index is 13.2. The maximum Gasteiger partial charge on any atom is 0.223 e. The van der Waals surface area contributed by atoms with Crippen LogP contribution < -0.4 is 5.32 Å². The van der Waals surface area contributed by atoms with Gasteiger partial charge in [-0.15, -0.1) is 0 Å². The molecule has 2 nitrogen and oxygen atoms in total. The Hall–Kier alpha value is -2.16. The lowest BCUT2D eigenvalue weighted by molar-refractivity contribution is -0.125. The first kappa shape index (κ1) is 14.8. The normalized spacial score (nSPS) is 16.4. The molecule has 1 aliphatic rings. The van der Waals surface area contributed by atoms with Crippen LogP contribution in [0.2, 0.25) is 0 Å². The van der Waals surface area contributed by atoms with Gasteiger partial charge in [0.05, 0.1) is 6.04 Å². The van der Waals surface area contributed by atoms with Gasteiger partial charge in [-0.1, -0.05) is 55.3 Å². The molecule has 1 amide bonds. The van der Waals surface area contributed by atoms with Crippen LogP contribution in [0.1, 0.15) is 42.9 Å². The molecule has 0 saturated heterocycles. The Morgan fingerprint density at radius 1 is 0.955 bits per heavy atom. The topological polar surface area (TPSA) is 29.1 Å². The maximum absolute atomic E-state index is 13.2. The van der Waals surface area contributed by atoms with Gasteiger partial charge in [0.2, 0.25) is 5.91 Å². The molecule has 0 bridgehead atoms. The van der Waals surface area contributed by atoms with Crippen molar-refractivity contribution in [1.29, 1.82) is 0 Å². The van der Waals surface area contributed by atoms with Crippen molar-refractivity contribution >= 4 is 5.91 Å². The van der Waals surface area contributed by atoms with E-state index in [1.165, 1.54) is 12.1 Å². The third-order valence-electron chi connectivity index (χ3n) is 4.35. The van der Waals surface area contributed by atoms with Crippen molar-refractivity contribution in [3.8, 4) is 0 Å². The second kappa shape index (κ2) is 6.73. The van der Waals surface area contributed by atoms with E-state index in [4.69, 9.17) is 0 Å². The van der Waals surface area contributed by atoms with Gasteiger partial charge in [0, 0.05) is 5.92 Å². The fourth-order valence-electron chi connectivity index (χ4n) is 3.11. The predicted octanol–water partition coefficient (Wildman–Crippen LogP) is 4.22. The molecular formula is C19H20FNO. The SMILES string of the molecule is O=C(NC(c1ccccc1)c1ccc(F)cc1)C1CCCC1. The van der Waals surface area contributed by atoms with E-state index in [0.29, 0.717) is 0 Å². The van der Waals surface area contributed by atoms with Gasteiger partial charge in [0.25, 0.3) is 0 Å². The van der Waals surface area contributed by atoms with E-state index in [-0.39, 0.29) is 23.7 Å². The van der Waals surface area contributed by atoms with Crippen molar-refractivity contribution in [3.05, 3.63) is 71.5 Å². The van der Waals surface area contributed by atoms with Crippen molar-refractivity contribution in [3.63, 3.8) is 0 Å². The highest BCUT2D eigenvalue weighted by Gasteiger charge is 2.25. The summed E-state index contributed by atoms with van der Waals surface area (Å²) < 4.78 is 13.2. The van der Waals surface area contributed by atoms with Crippen molar-refractivity contribution in [2.45, 2.75) is 31.7 Å². The molecule has 2 aromatic rings. The average Bonchev–Trinajstić information content (AvgIpc) is 3.09. The Bertz CT molecular complexity index is 618. The third kappa shape index (κ3) is 3.35. The molecule has 114 valence electrons. The number of halogens is 1. The summed E-state index contributed by atoms with van der Waals surface area (Å²) in [5.41, 5.74) is 1.92. The number of carbonyl (C=O) groups excluding carboxylic acids is 1. The van der Waals surface area contributed by atoms with Gasteiger partial charge < -0.3 is 5.32 Å². The number of hydrogen-bond donors (Lipinski definition) is 1. The summed E-state index contributed by atoms with van der Waals surface area (Å²) in [4.78, 5) is 12.5. The van der Waals surface area contributed by atoms with Crippen LogP contribution in [0.15, 0.2) is 54.6 Å². The first-order valence-corrected chi connectivity index (χ1v) is 7.85. The molecule has 3 rings (SSSR count). The molecule has 0 heterocycles. The van der Waals surface area contributed by atoms with E-state index in [0.717, 1.165) is 36.8 Å². The largest absolute Gasteiger partial charge is 0.345 e. The van der Waals surface area contributed by atoms with Crippen LogP contribution >= 0.6 is 0 Å². The van der Waals surface area contributed by atoms with Crippen LogP contribution in [0.5, 0.6) is 0 Å². The Morgan fingerprint density at radius 3 is 2.18 bits per heavy atom. The zero-order valence-electron chi connectivity index (χ0n) is 12.5. The molecular weight excluding hydrogens is 277 g/mol. The number of nitrogens with one attached hydrogen (secondary N) is 1. The highest BCUT2D eigenvalue weighted by molar-refractivity contribution is 5.79. The van der Waals surface area contributed by atoms with Crippen LogP contribution in [-0.4, -0.2) is 5.91 Å². The molecule has 0 aliphatic heterocycles. The van der Waals surface area contributed by atoms with E-state index in [1.807, 2.05) is 30.3 Å². The lowest BCUT2D eigenvalue weighted by atomic mass is 9.97. The second-order valence-corrected chi connectivity index (χ2v) is 5.89. The predicted molar refractivity (Wildman–Crippen MR) is 84.8 cm³/mol. The van der Waals surface area contributed by atoms with Crippen molar-refractivity contribution in [1.82, 2.24) is 5.32 Å². The van der Waals surface area contributed by atoms with Gasteiger partial charge in [0.15, 0.2) is 0 Å².